The molecule has 3 N–H and O–H groups in total. The highest BCUT2D eigenvalue weighted by Crippen LogP contribution is 2.26. The molecule has 0 heterocycles. The minimum atomic E-state index is -0.885. The molecule has 0 saturated carbocycles. The van der Waals surface area contributed by atoms with Crippen molar-refractivity contribution in [2.24, 2.45) is 0 Å². The van der Waals surface area contributed by atoms with Crippen molar-refractivity contribution in [2.45, 2.75) is 13.0 Å². The molecule has 0 fully saturated rings. The molecule has 5 heteroatoms. The van der Waals surface area contributed by atoms with Crippen molar-refractivity contribution < 1.29 is 10.0 Å². The molecule has 1 aromatic carbocycles. The Hall–Kier alpha value is -1.62. The molecule has 0 radical (unpaired) electrons. The zero-order chi connectivity index (χ0) is 10.0. The first-order valence-corrected chi connectivity index (χ1v) is 3.74. The summed E-state index contributed by atoms with van der Waals surface area (Å²) in [7, 11) is 0. The van der Waals surface area contributed by atoms with Gasteiger partial charge in [-0.3, -0.25) is 10.1 Å². The van der Waals surface area contributed by atoms with Crippen LogP contribution in [0.2, 0.25) is 0 Å². The van der Waals surface area contributed by atoms with Gasteiger partial charge in [0.1, 0.15) is 0 Å². The van der Waals surface area contributed by atoms with Gasteiger partial charge in [-0.2, -0.15) is 0 Å². The van der Waals surface area contributed by atoms with Crippen LogP contribution in [0.3, 0.4) is 0 Å². The van der Waals surface area contributed by atoms with E-state index in [9.17, 15) is 15.2 Å². The Balaban J connectivity index is 3.26. The summed E-state index contributed by atoms with van der Waals surface area (Å²) in [6.07, 6.45) is -0.885. The van der Waals surface area contributed by atoms with Crippen molar-refractivity contribution in [3.8, 4) is 0 Å². The number of nitrogens with two attached hydrogens (primary N) is 1. The van der Waals surface area contributed by atoms with Crippen LogP contribution >= 0.6 is 0 Å². The van der Waals surface area contributed by atoms with Crippen molar-refractivity contribution in [1.29, 1.82) is 0 Å². The fourth-order valence-electron chi connectivity index (χ4n) is 1.07. The monoisotopic (exact) mass is 182 g/mol. The first kappa shape index (κ1) is 9.47. The smallest absolute Gasteiger partial charge is 0.275 e. The maximum absolute atomic E-state index is 10.5. The van der Waals surface area contributed by atoms with Gasteiger partial charge in [-0.15, -0.1) is 0 Å². The average Bonchev–Trinajstić information content (AvgIpc) is 2.03. The lowest BCUT2D eigenvalue weighted by Gasteiger charge is -2.05. The Kier molecular flexibility index (Phi) is 2.48. The Labute approximate surface area is 74.9 Å². The average molecular weight is 182 g/mol. The SMILES string of the molecule is CC(O)c1cc(N)ccc1[N+](=O)[O-]. The number of benzene rings is 1. The van der Waals surface area contributed by atoms with Gasteiger partial charge in [0.05, 0.1) is 16.6 Å². The number of aliphatic hydroxyl groups is 1. The normalized spacial score (nSPS) is 12.5. The Morgan fingerprint density at radius 1 is 1.62 bits per heavy atom. The van der Waals surface area contributed by atoms with Gasteiger partial charge in [-0.1, -0.05) is 0 Å². The second kappa shape index (κ2) is 3.40. The number of hydrogen-bond acceptors (Lipinski definition) is 4. The highest BCUT2D eigenvalue weighted by atomic mass is 16.6. The van der Waals surface area contributed by atoms with Crippen molar-refractivity contribution >= 4 is 11.4 Å². The van der Waals surface area contributed by atoms with Crippen molar-refractivity contribution in [3.05, 3.63) is 33.9 Å². The third kappa shape index (κ3) is 1.94. The van der Waals surface area contributed by atoms with Crippen LogP contribution in [0, 0.1) is 10.1 Å². The van der Waals surface area contributed by atoms with Crippen LogP contribution in [0.15, 0.2) is 18.2 Å². The molecule has 1 atom stereocenters. The molecule has 0 aliphatic rings. The van der Waals surface area contributed by atoms with Crippen LogP contribution < -0.4 is 5.73 Å². The van der Waals surface area contributed by atoms with Crippen molar-refractivity contribution in [3.63, 3.8) is 0 Å². The van der Waals surface area contributed by atoms with E-state index in [4.69, 9.17) is 5.73 Å². The molecule has 0 amide bonds. The largest absolute Gasteiger partial charge is 0.399 e. The van der Waals surface area contributed by atoms with Crippen LogP contribution in [0.5, 0.6) is 0 Å². The number of nitro groups is 1. The van der Waals surface area contributed by atoms with Crippen molar-refractivity contribution in [1.82, 2.24) is 0 Å². The molecule has 1 aromatic rings. The predicted octanol–water partition coefficient (Wildman–Crippen LogP) is 1.23. The summed E-state index contributed by atoms with van der Waals surface area (Å²) in [6.45, 7) is 1.46. The topological polar surface area (TPSA) is 89.4 Å². The minimum absolute atomic E-state index is 0.107. The van der Waals surface area contributed by atoms with E-state index in [1.54, 1.807) is 0 Å². The third-order valence-electron chi connectivity index (χ3n) is 1.70. The number of anilines is 1. The van der Waals surface area contributed by atoms with Crippen LogP contribution in [0.4, 0.5) is 11.4 Å². The van der Waals surface area contributed by atoms with E-state index in [0.29, 0.717) is 5.69 Å². The molecular formula is C8H10N2O3. The molecule has 0 aliphatic heterocycles. The number of nitro benzene ring substituents is 1. The van der Waals surface area contributed by atoms with Gasteiger partial charge in [0.2, 0.25) is 0 Å². The second-order valence-electron chi connectivity index (χ2n) is 2.75. The van der Waals surface area contributed by atoms with Crippen LogP contribution in [0.1, 0.15) is 18.6 Å². The molecule has 1 rings (SSSR count). The van der Waals surface area contributed by atoms with Gasteiger partial charge in [-0.05, 0) is 19.1 Å². The molecule has 13 heavy (non-hydrogen) atoms. The number of hydrogen-bond donors (Lipinski definition) is 2. The Morgan fingerprint density at radius 2 is 2.23 bits per heavy atom. The zero-order valence-electron chi connectivity index (χ0n) is 7.10. The molecule has 70 valence electrons. The minimum Gasteiger partial charge on any atom is -0.399 e. The van der Waals surface area contributed by atoms with Crippen LogP contribution in [-0.4, -0.2) is 10.0 Å². The highest BCUT2D eigenvalue weighted by Gasteiger charge is 2.16. The molecule has 0 aromatic heterocycles. The first-order chi connectivity index (χ1) is 6.02. The number of rotatable bonds is 2. The van der Waals surface area contributed by atoms with Gasteiger partial charge in [-0.25, -0.2) is 0 Å². The van der Waals surface area contributed by atoms with Crippen LogP contribution in [-0.2, 0) is 0 Å². The van der Waals surface area contributed by atoms with Gasteiger partial charge in [0, 0.05) is 11.8 Å². The Bertz CT molecular complexity index is 336. The van der Waals surface area contributed by atoms with E-state index in [1.807, 2.05) is 0 Å². The first-order valence-electron chi connectivity index (χ1n) is 3.74. The second-order valence-corrected chi connectivity index (χ2v) is 2.75. The van der Waals surface area contributed by atoms with Crippen molar-refractivity contribution in [2.75, 3.05) is 5.73 Å². The number of nitrogens with zero attached hydrogens (tertiary/aromatic N) is 1. The number of nitrogen functional groups attached to an aromatic ring is 1. The van der Waals surface area contributed by atoms with Gasteiger partial charge < -0.3 is 10.8 Å². The molecule has 5 nitrogen and oxygen atoms in total. The van der Waals surface area contributed by atoms with E-state index in [2.05, 4.69) is 0 Å². The summed E-state index contributed by atoms with van der Waals surface area (Å²) in [5.74, 6) is 0. The summed E-state index contributed by atoms with van der Waals surface area (Å²) in [5.41, 5.74) is 5.97. The molecular weight excluding hydrogens is 172 g/mol. The lowest BCUT2D eigenvalue weighted by molar-refractivity contribution is -0.386. The molecule has 0 aliphatic carbocycles. The molecule has 0 bridgehead atoms. The van der Waals surface area contributed by atoms with E-state index < -0.39 is 11.0 Å². The standard InChI is InChI=1S/C8H10N2O3/c1-5(11)7-4-6(9)2-3-8(7)10(12)13/h2-5,11H,9H2,1H3. The lowest BCUT2D eigenvalue weighted by atomic mass is 10.1. The van der Waals surface area contributed by atoms with Gasteiger partial charge >= 0.3 is 0 Å². The van der Waals surface area contributed by atoms with E-state index in [1.165, 1.54) is 25.1 Å². The van der Waals surface area contributed by atoms with E-state index in [0.717, 1.165) is 0 Å². The van der Waals surface area contributed by atoms with Crippen LogP contribution in [0.25, 0.3) is 0 Å². The van der Waals surface area contributed by atoms with E-state index in [-0.39, 0.29) is 11.3 Å². The molecule has 1 unspecified atom stereocenters. The fraction of sp³-hybridized carbons (Fsp3) is 0.250. The Morgan fingerprint density at radius 3 is 2.69 bits per heavy atom. The van der Waals surface area contributed by atoms with E-state index >= 15 is 0 Å². The summed E-state index contributed by atoms with van der Waals surface area (Å²) >= 11 is 0. The highest BCUT2D eigenvalue weighted by molar-refractivity contribution is 5.52. The maximum Gasteiger partial charge on any atom is 0.275 e. The molecule has 0 spiro atoms. The third-order valence-corrected chi connectivity index (χ3v) is 1.70. The quantitative estimate of drug-likeness (QED) is 0.409. The summed E-state index contributed by atoms with van der Waals surface area (Å²) in [6, 6.07) is 4.13. The molecule has 0 saturated heterocycles. The van der Waals surface area contributed by atoms with Gasteiger partial charge in [0.15, 0.2) is 0 Å². The fourth-order valence-corrected chi connectivity index (χ4v) is 1.07. The maximum atomic E-state index is 10.5. The summed E-state index contributed by atoms with van der Waals surface area (Å²) in [4.78, 5) is 9.95. The predicted molar refractivity (Wildman–Crippen MR) is 48.1 cm³/mol. The zero-order valence-corrected chi connectivity index (χ0v) is 7.10. The number of aliphatic hydroxyl groups excluding tert-OH is 1. The lowest BCUT2D eigenvalue weighted by Crippen LogP contribution is -2.00. The van der Waals surface area contributed by atoms with Gasteiger partial charge in [0.25, 0.3) is 5.69 Å². The summed E-state index contributed by atoms with van der Waals surface area (Å²) < 4.78 is 0. The summed E-state index contributed by atoms with van der Waals surface area (Å²) in [5, 5.41) is 19.7.